The maximum Gasteiger partial charge on any atom is 0.406 e. The molecule has 19 heavy (non-hydrogen) atoms. The minimum absolute atomic E-state index is 0.0768. The molecule has 0 aromatic heterocycles. The van der Waals surface area contributed by atoms with Crippen LogP contribution < -0.4 is 5.73 Å². The molecular weight excluding hydrogens is 257 g/mol. The molecule has 1 rings (SSSR count). The second-order valence-electron chi connectivity index (χ2n) is 5.64. The molecule has 0 radical (unpaired) electrons. The first kappa shape index (κ1) is 16.3. The number of rotatable bonds is 4. The van der Waals surface area contributed by atoms with Gasteiger partial charge in [0, 0.05) is 18.5 Å². The van der Waals surface area contributed by atoms with Crippen LogP contribution in [-0.4, -0.2) is 36.1 Å². The van der Waals surface area contributed by atoms with Crippen LogP contribution in [0.5, 0.6) is 0 Å². The summed E-state index contributed by atoms with van der Waals surface area (Å²) in [5.41, 5.74) is 5.86. The minimum atomic E-state index is -4.34. The largest absolute Gasteiger partial charge is 0.406 e. The van der Waals surface area contributed by atoms with Gasteiger partial charge in [-0.3, -0.25) is 4.79 Å². The lowest BCUT2D eigenvalue weighted by Crippen LogP contribution is -2.46. The lowest BCUT2D eigenvalue weighted by Gasteiger charge is -2.34. The van der Waals surface area contributed by atoms with Gasteiger partial charge in [0.05, 0.1) is 0 Å². The Balaban J connectivity index is 2.70. The van der Waals surface area contributed by atoms with Gasteiger partial charge in [-0.1, -0.05) is 13.8 Å². The monoisotopic (exact) mass is 280 g/mol. The van der Waals surface area contributed by atoms with Crippen molar-refractivity contribution in [1.82, 2.24) is 4.90 Å². The molecule has 6 heteroatoms. The summed E-state index contributed by atoms with van der Waals surface area (Å²) in [4.78, 5) is 13.2. The number of hydrogen-bond donors (Lipinski definition) is 1. The molecule has 1 amide bonds. The molecule has 3 nitrogen and oxygen atoms in total. The fourth-order valence-corrected chi connectivity index (χ4v) is 2.87. The van der Waals surface area contributed by atoms with E-state index >= 15 is 0 Å². The second-order valence-corrected chi connectivity index (χ2v) is 5.64. The predicted octanol–water partition coefficient (Wildman–Crippen LogP) is 2.55. The molecule has 2 N–H and O–H groups in total. The molecule has 3 unspecified atom stereocenters. The number of nitrogens with zero attached hydrogens (tertiary/aromatic N) is 1. The SMILES string of the molecule is CCCN(CC(F)(F)F)C(=O)C1CC(C)CC(N)C1. The molecular formula is C13H23F3N2O. The Bertz CT molecular complexity index is 297. The van der Waals surface area contributed by atoms with Crippen LogP contribution in [0.15, 0.2) is 0 Å². The molecule has 1 aliphatic rings. The molecule has 0 aliphatic heterocycles. The Kier molecular flexibility index (Phi) is 5.64. The molecule has 0 aromatic rings. The molecule has 1 fully saturated rings. The van der Waals surface area contributed by atoms with Crippen LogP contribution in [0.1, 0.15) is 39.5 Å². The molecule has 3 atom stereocenters. The van der Waals surface area contributed by atoms with Crippen molar-refractivity contribution in [2.75, 3.05) is 13.1 Å². The summed E-state index contributed by atoms with van der Waals surface area (Å²) in [5.74, 6) is -0.444. The van der Waals surface area contributed by atoms with E-state index in [2.05, 4.69) is 0 Å². The first-order valence-corrected chi connectivity index (χ1v) is 6.84. The van der Waals surface area contributed by atoms with E-state index in [0.717, 1.165) is 11.3 Å². The number of hydrogen-bond acceptors (Lipinski definition) is 2. The smallest absolute Gasteiger partial charge is 0.333 e. The first-order valence-electron chi connectivity index (χ1n) is 6.84. The summed E-state index contributed by atoms with van der Waals surface area (Å²) in [6.45, 7) is 2.76. The molecule has 1 saturated carbocycles. The molecule has 112 valence electrons. The molecule has 0 aromatic carbocycles. The van der Waals surface area contributed by atoms with E-state index in [9.17, 15) is 18.0 Å². The van der Waals surface area contributed by atoms with Gasteiger partial charge < -0.3 is 10.6 Å². The number of alkyl halides is 3. The van der Waals surface area contributed by atoms with Crippen LogP contribution in [0, 0.1) is 11.8 Å². The van der Waals surface area contributed by atoms with Gasteiger partial charge in [-0.05, 0) is 31.6 Å². The zero-order valence-electron chi connectivity index (χ0n) is 11.5. The number of nitrogens with two attached hydrogens (primary N) is 1. The summed E-state index contributed by atoms with van der Waals surface area (Å²) in [6, 6.07) is -0.0768. The van der Waals surface area contributed by atoms with Gasteiger partial charge in [-0.15, -0.1) is 0 Å². The highest BCUT2D eigenvalue weighted by Crippen LogP contribution is 2.30. The van der Waals surface area contributed by atoms with Crippen molar-refractivity contribution < 1.29 is 18.0 Å². The van der Waals surface area contributed by atoms with Crippen molar-refractivity contribution in [2.24, 2.45) is 17.6 Å². The predicted molar refractivity (Wildman–Crippen MR) is 67.4 cm³/mol. The first-order chi connectivity index (χ1) is 8.73. The maximum absolute atomic E-state index is 12.5. The lowest BCUT2D eigenvalue weighted by atomic mass is 9.79. The third kappa shape index (κ3) is 5.38. The molecule has 1 aliphatic carbocycles. The lowest BCUT2D eigenvalue weighted by molar-refractivity contribution is -0.164. The van der Waals surface area contributed by atoms with Crippen LogP contribution >= 0.6 is 0 Å². The number of carbonyl (C=O) groups excluding carboxylic acids is 1. The van der Waals surface area contributed by atoms with Crippen molar-refractivity contribution >= 4 is 5.91 Å². The van der Waals surface area contributed by atoms with Gasteiger partial charge >= 0.3 is 6.18 Å². The quantitative estimate of drug-likeness (QED) is 0.860. The summed E-state index contributed by atoms with van der Waals surface area (Å²) in [6.07, 6.45) is -1.83. The van der Waals surface area contributed by atoms with E-state index in [1.165, 1.54) is 0 Å². The van der Waals surface area contributed by atoms with Gasteiger partial charge in [0.15, 0.2) is 0 Å². The van der Waals surface area contributed by atoms with E-state index in [0.29, 0.717) is 25.2 Å². The second kappa shape index (κ2) is 6.59. The average Bonchev–Trinajstić information content (AvgIpc) is 2.24. The normalized spacial score (nSPS) is 28.2. The summed E-state index contributed by atoms with van der Waals surface area (Å²) in [5, 5.41) is 0. The minimum Gasteiger partial charge on any atom is -0.333 e. The van der Waals surface area contributed by atoms with Crippen LogP contribution in [0.2, 0.25) is 0 Å². The zero-order valence-corrected chi connectivity index (χ0v) is 11.5. The van der Waals surface area contributed by atoms with Crippen molar-refractivity contribution in [3.05, 3.63) is 0 Å². The van der Waals surface area contributed by atoms with E-state index in [1.807, 2.05) is 6.92 Å². The highest BCUT2D eigenvalue weighted by Gasteiger charge is 2.37. The van der Waals surface area contributed by atoms with E-state index in [-0.39, 0.29) is 24.4 Å². The van der Waals surface area contributed by atoms with Gasteiger partial charge in [0.25, 0.3) is 0 Å². The van der Waals surface area contributed by atoms with E-state index in [4.69, 9.17) is 5.73 Å². The molecule has 0 heterocycles. The van der Waals surface area contributed by atoms with E-state index < -0.39 is 12.7 Å². The fraction of sp³-hybridized carbons (Fsp3) is 0.923. The Morgan fingerprint density at radius 1 is 1.32 bits per heavy atom. The van der Waals surface area contributed by atoms with Crippen molar-refractivity contribution in [1.29, 1.82) is 0 Å². The van der Waals surface area contributed by atoms with Gasteiger partial charge in [0.2, 0.25) is 5.91 Å². The fourth-order valence-electron chi connectivity index (χ4n) is 2.87. The topological polar surface area (TPSA) is 46.3 Å². The Labute approximate surface area is 112 Å². The van der Waals surface area contributed by atoms with Crippen LogP contribution in [0.4, 0.5) is 13.2 Å². The number of halogens is 3. The maximum atomic E-state index is 12.5. The molecule has 0 spiro atoms. The van der Waals surface area contributed by atoms with Gasteiger partial charge in [-0.25, -0.2) is 0 Å². The highest BCUT2D eigenvalue weighted by molar-refractivity contribution is 5.79. The van der Waals surface area contributed by atoms with Gasteiger partial charge in [-0.2, -0.15) is 13.2 Å². The van der Waals surface area contributed by atoms with Crippen LogP contribution in [0.25, 0.3) is 0 Å². The highest BCUT2D eigenvalue weighted by atomic mass is 19.4. The van der Waals surface area contributed by atoms with Crippen LogP contribution in [0.3, 0.4) is 0 Å². The van der Waals surface area contributed by atoms with E-state index in [1.54, 1.807) is 6.92 Å². The van der Waals surface area contributed by atoms with Crippen molar-refractivity contribution in [2.45, 2.75) is 51.7 Å². The summed E-state index contributed by atoms with van der Waals surface area (Å²) < 4.78 is 37.5. The average molecular weight is 280 g/mol. The summed E-state index contributed by atoms with van der Waals surface area (Å²) >= 11 is 0. The third-order valence-corrected chi connectivity index (χ3v) is 3.50. The zero-order chi connectivity index (χ0) is 14.6. The van der Waals surface area contributed by atoms with Crippen molar-refractivity contribution in [3.8, 4) is 0 Å². The standard InChI is InChI=1S/C13H23F3N2O/c1-3-4-18(8-13(14,15)16)12(19)10-5-9(2)6-11(17)7-10/h9-11H,3-8,17H2,1-2H3. The van der Waals surface area contributed by atoms with Crippen LogP contribution in [-0.2, 0) is 4.79 Å². The number of carbonyl (C=O) groups is 1. The Hall–Kier alpha value is -0.780. The molecule has 0 bridgehead atoms. The van der Waals surface area contributed by atoms with Crippen molar-refractivity contribution in [3.63, 3.8) is 0 Å². The number of amides is 1. The molecule has 0 saturated heterocycles. The Morgan fingerprint density at radius 2 is 1.95 bits per heavy atom. The summed E-state index contributed by atoms with van der Waals surface area (Å²) in [7, 11) is 0. The third-order valence-electron chi connectivity index (χ3n) is 3.50. The van der Waals surface area contributed by atoms with Gasteiger partial charge in [0.1, 0.15) is 6.54 Å². The Morgan fingerprint density at radius 3 is 2.42 bits per heavy atom.